The minimum atomic E-state index is -0.460. The minimum absolute atomic E-state index is 0.129. The number of aliphatic hydroxyl groups is 1. The van der Waals surface area contributed by atoms with E-state index in [1.807, 2.05) is 13.0 Å². The van der Waals surface area contributed by atoms with Crippen LogP contribution in [0.4, 0.5) is 0 Å². The second kappa shape index (κ2) is 9.29. The molecule has 156 valence electrons. The summed E-state index contributed by atoms with van der Waals surface area (Å²) in [6.07, 6.45) is 4.76. The van der Waals surface area contributed by atoms with Crippen LogP contribution in [0, 0.1) is 5.92 Å². The summed E-state index contributed by atoms with van der Waals surface area (Å²) in [7, 11) is 4.60. The van der Waals surface area contributed by atoms with Gasteiger partial charge in [-0.25, -0.2) is 4.79 Å². The molecular weight excluding hydrogens is 368 g/mol. The molecule has 29 heavy (non-hydrogen) atoms. The first-order valence-electron chi connectivity index (χ1n) is 9.90. The number of rotatable bonds is 2. The van der Waals surface area contributed by atoms with Crippen molar-refractivity contribution in [2.45, 2.75) is 25.8 Å². The third-order valence-corrected chi connectivity index (χ3v) is 5.87. The molecule has 0 saturated carbocycles. The lowest BCUT2D eigenvalue weighted by atomic mass is 9.78. The number of carbonyl (C=O) groups excluding carboxylic acids is 1. The Morgan fingerprint density at radius 3 is 2.66 bits per heavy atom. The quantitative estimate of drug-likeness (QED) is 0.347. The van der Waals surface area contributed by atoms with Crippen LogP contribution in [0.1, 0.15) is 30.6 Å². The van der Waals surface area contributed by atoms with E-state index in [1.54, 1.807) is 14.2 Å². The van der Waals surface area contributed by atoms with E-state index in [0.717, 1.165) is 37.8 Å². The van der Waals surface area contributed by atoms with Crippen molar-refractivity contribution in [1.29, 1.82) is 0 Å². The van der Waals surface area contributed by atoms with Gasteiger partial charge in [0, 0.05) is 49.8 Å². The Morgan fingerprint density at radius 2 is 2.00 bits per heavy atom. The second-order valence-corrected chi connectivity index (χ2v) is 7.44. The van der Waals surface area contributed by atoms with E-state index < -0.39 is 5.97 Å². The number of nitrogens with zero attached hydrogens (tertiary/aromatic N) is 1. The molecule has 2 N–H and O–H groups in total. The molecule has 2 atom stereocenters. The standard InChI is InChI=1S/C21H24N2O3.C2H6O/c1-3-13-11-23-9-8-15-14-6-4-5-7-18(14)22-20(15)19(23)10-16(13)17(12-24)21(25)26-2;1-3-2/h3-7,12,16,19,22,24H,8-11H2,1-2H3;1-2H3/b13-3-,17-12-;/t16-,19-;/m0./s1. The molecule has 4 rings (SSSR count). The Hall–Kier alpha value is -2.57. The van der Waals surface area contributed by atoms with Crippen molar-refractivity contribution in [2.75, 3.05) is 34.4 Å². The van der Waals surface area contributed by atoms with Gasteiger partial charge in [0.2, 0.25) is 0 Å². The van der Waals surface area contributed by atoms with Crippen molar-refractivity contribution in [3.63, 3.8) is 0 Å². The second-order valence-electron chi connectivity index (χ2n) is 7.44. The number of esters is 1. The summed E-state index contributed by atoms with van der Waals surface area (Å²) < 4.78 is 9.14. The highest BCUT2D eigenvalue weighted by molar-refractivity contribution is 5.89. The smallest absolute Gasteiger partial charge is 0.337 e. The number of aliphatic hydroxyl groups excluding tert-OH is 1. The third-order valence-electron chi connectivity index (χ3n) is 5.87. The van der Waals surface area contributed by atoms with Gasteiger partial charge in [0.05, 0.1) is 25.0 Å². The zero-order valence-electron chi connectivity index (χ0n) is 17.6. The molecule has 0 unspecified atom stereocenters. The number of para-hydroxylation sites is 1. The monoisotopic (exact) mass is 398 g/mol. The molecule has 3 heterocycles. The van der Waals surface area contributed by atoms with E-state index in [9.17, 15) is 9.90 Å². The van der Waals surface area contributed by atoms with Crippen LogP contribution >= 0.6 is 0 Å². The van der Waals surface area contributed by atoms with E-state index in [2.05, 4.69) is 38.9 Å². The number of aromatic nitrogens is 1. The largest absolute Gasteiger partial charge is 0.515 e. The van der Waals surface area contributed by atoms with Crippen molar-refractivity contribution >= 4 is 16.9 Å². The number of fused-ring (bicyclic) bond motifs is 5. The molecule has 0 aliphatic carbocycles. The lowest BCUT2D eigenvalue weighted by molar-refractivity contribution is -0.136. The van der Waals surface area contributed by atoms with Gasteiger partial charge in [0.1, 0.15) is 0 Å². The van der Waals surface area contributed by atoms with Crippen LogP contribution < -0.4 is 0 Å². The fourth-order valence-electron chi connectivity index (χ4n) is 4.57. The number of H-pyrrole nitrogens is 1. The molecule has 1 saturated heterocycles. The number of hydrogen-bond acceptors (Lipinski definition) is 5. The van der Waals surface area contributed by atoms with Gasteiger partial charge >= 0.3 is 5.97 Å². The van der Waals surface area contributed by atoms with Crippen LogP contribution in [0.2, 0.25) is 0 Å². The molecule has 0 radical (unpaired) electrons. The van der Waals surface area contributed by atoms with Crippen molar-refractivity contribution in [3.05, 3.63) is 59.0 Å². The molecular formula is C23H30N2O4. The predicted octanol–water partition coefficient (Wildman–Crippen LogP) is 3.91. The topological polar surface area (TPSA) is 74.8 Å². The van der Waals surface area contributed by atoms with Gasteiger partial charge in [-0.15, -0.1) is 0 Å². The van der Waals surface area contributed by atoms with Gasteiger partial charge in [-0.3, -0.25) is 4.90 Å². The maximum Gasteiger partial charge on any atom is 0.337 e. The maximum atomic E-state index is 12.2. The van der Waals surface area contributed by atoms with Crippen LogP contribution in [0.25, 0.3) is 10.9 Å². The molecule has 1 aromatic carbocycles. The van der Waals surface area contributed by atoms with Gasteiger partial charge in [-0.1, -0.05) is 29.8 Å². The number of allylic oxidation sites excluding steroid dienone is 1. The van der Waals surface area contributed by atoms with Gasteiger partial charge in [0.25, 0.3) is 0 Å². The molecule has 6 nitrogen and oxygen atoms in total. The molecule has 0 spiro atoms. The molecule has 1 aromatic heterocycles. The highest BCUT2D eigenvalue weighted by atomic mass is 16.5. The molecule has 1 fully saturated rings. The van der Waals surface area contributed by atoms with E-state index >= 15 is 0 Å². The lowest BCUT2D eigenvalue weighted by Crippen LogP contribution is -2.43. The summed E-state index contributed by atoms with van der Waals surface area (Å²) in [5.74, 6) is -0.589. The highest BCUT2D eigenvalue weighted by Gasteiger charge is 2.40. The van der Waals surface area contributed by atoms with Crippen molar-refractivity contribution in [1.82, 2.24) is 9.88 Å². The molecule has 0 bridgehead atoms. The summed E-state index contributed by atoms with van der Waals surface area (Å²) in [5, 5.41) is 11.0. The average Bonchev–Trinajstić information content (AvgIpc) is 3.13. The Bertz CT molecular complexity index is 928. The summed E-state index contributed by atoms with van der Waals surface area (Å²) in [5.41, 5.74) is 5.30. The van der Waals surface area contributed by atoms with E-state index in [1.165, 1.54) is 29.3 Å². The molecule has 2 aromatic rings. The first-order chi connectivity index (χ1) is 14.1. The number of carbonyl (C=O) groups is 1. The lowest BCUT2D eigenvalue weighted by Gasteiger charge is -2.43. The molecule has 2 aliphatic heterocycles. The van der Waals surface area contributed by atoms with Crippen LogP contribution in [0.5, 0.6) is 0 Å². The van der Waals surface area contributed by atoms with Crippen LogP contribution in [0.3, 0.4) is 0 Å². The molecule has 2 aliphatic rings. The summed E-state index contributed by atoms with van der Waals surface area (Å²) in [6, 6.07) is 8.62. The van der Waals surface area contributed by atoms with Crippen LogP contribution in [-0.2, 0) is 20.7 Å². The average molecular weight is 399 g/mol. The van der Waals surface area contributed by atoms with E-state index in [0.29, 0.717) is 5.57 Å². The van der Waals surface area contributed by atoms with Gasteiger partial charge < -0.3 is 19.6 Å². The number of aromatic amines is 1. The number of benzene rings is 1. The summed E-state index contributed by atoms with van der Waals surface area (Å²) >= 11 is 0. The number of ether oxygens (including phenoxy) is 2. The van der Waals surface area contributed by atoms with Crippen LogP contribution in [0.15, 0.2) is 47.7 Å². The molecule has 0 amide bonds. The molecule has 6 heteroatoms. The third kappa shape index (κ3) is 3.95. The summed E-state index contributed by atoms with van der Waals surface area (Å²) in [4.78, 5) is 18.2. The fourth-order valence-corrected chi connectivity index (χ4v) is 4.57. The zero-order valence-corrected chi connectivity index (χ0v) is 17.6. The Balaban J connectivity index is 0.000000755. The number of nitrogens with one attached hydrogen (secondary N) is 1. The van der Waals surface area contributed by atoms with Gasteiger partial charge in [-0.05, 0) is 31.4 Å². The number of hydrogen-bond donors (Lipinski definition) is 2. The van der Waals surface area contributed by atoms with Gasteiger partial charge in [-0.2, -0.15) is 0 Å². The first kappa shape index (κ1) is 21.1. The van der Waals surface area contributed by atoms with Crippen LogP contribution in [-0.4, -0.2) is 55.4 Å². The van der Waals surface area contributed by atoms with Crippen molar-refractivity contribution in [3.8, 4) is 0 Å². The van der Waals surface area contributed by atoms with Crippen molar-refractivity contribution in [2.24, 2.45) is 5.92 Å². The van der Waals surface area contributed by atoms with Crippen molar-refractivity contribution < 1.29 is 19.4 Å². The fraction of sp³-hybridized carbons (Fsp3) is 0.435. The number of methoxy groups -OCH3 is 2. The van der Waals surface area contributed by atoms with E-state index in [4.69, 9.17) is 4.74 Å². The normalized spacial score (nSPS) is 23.2. The Kier molecular flexibility index (Phi) is 6.77. The van der Waals surface area contributed by atoms with E-state index in [-0.39, 0.29) is 12.0 Å². The Morgan fingerprint density at radius 1 is 1.28 bits per heavy atom. The minimum Gasteiger partial charge on any atom is -0.515 e. The predicted molar refractivity (Wildman–Crippen MR) is 114 cm³/mol. The summed E-state index contributed by atoms with van der Waals surface area (Å²) in [6.45, 7) is 3.79. The Labute approximate surface area is 171 Å². The zero-order chi connectivity index (χ0) is 21.0. The number of piperidine rings is 1. The SMILES string of the molecule is C/C=C1/CN2CCc3c([nH]c4ccccc34)[C@@H]2C[C@@H]1/C(=C/O)C(=O)OC.COC. The van der Waals surface area contributed by atoms with Gasteiger partial charge in [0.15, 0.2) is 0 Å². The maximum absolute atomic E-state index is 12.2. The highest BCUT2D eigenvalue weighted by Crippen LogP contribution is 2.44. The first-order valence-corrected chi connectivity index (χ1v) is 9.90.